The van der Waals surface area contributed by atoms with Gasteiger partial charge >= 0.3 is 0 Å². The summed E-state index contributed by atoms with van der Waals surface area (Å²) < 4.78 is 2.14. The Kier molecular flexibility index (Phi) is 6.21. The van der Waals surface area contributed by atoms with E-state index in [0.29, 0.717) is 0 Å². The van der Waals surface area contributed by atoms with Crippen LogP contribution in [0.15, 0.2) is 152 Å². The molecule has 0 spiro atoms. The Morgan fingerprint density at radius 2 is 1.17 bits per heavy atom. The third kappa shape index (κ3) is 4.21. The number of aromatic nitrogens is 4. The van der Waals surface area contributed by atoms with Gasteiger partial charge in [0.15, 0.2) is 0 Å². The minimum atomic E-state index is -0.662. The van der Waals surface area contributed by atoms with Gasteiger partial charge in [0.2, 0.25) is 0 Å². The molecule has 3 heterocycles. The van der Waals surface area contributed by atoms with Crippen molar-refractivity contribution in [1.29, 1.82) is 0 Å². The van der Waals surface area contributed by atoms with Crippen LogP contribution in [0.5, 0.6) is 0 Å². The van der Waals surface area contributed by atoms with Gasteiger partial charge in [-0.2, -0.15) is 5.10 Å². The fraction of sp³-hybridized carbons (Fsp3) is 0.0541. The van der Waals surface area contributed by atoms with Crippen molar-refractivity contribution in [3.8, 4) is 22.4 Å². The predicted octanol–water partition coefficient (Wildman–Crippen LogP) is 8.31. The predicted molar refractivity (Wildman–Crippen MR) is 166 cm³/mol. The van der Waals surface area contributed by atoms with Gasteiger partial charge in [0.05, 0.1) is 16.9 Å². The minimum Gasteiger partial charge on any atom is -0.256 e. The summed E-state index contributed by atoms with van der Waals surface area (Å²) >= 11 is 0. The molecular formula is C37H28N4. The van der Waals surface area contributed by atoms with Crippen LogP contribution in [0.1, 0.15) is 22.4 Å². The van der Waals surface area contributed by atoms with Gasteiger partial charge < -0.3 is 0 Å². The molecule has 3 aromatic heterocycles. The summed E-state index contributed by atoms with van der Waals surface area (Å²) in [5.41, 5.74) is 8.84. The van der Waals surface area contributed by atoms with E-state index in [1.165, 1.54) is 0 Å². The first-order chi connectivity index (χ1) is 20.2. The van der Waals surface area contributed by atoms with Crippen molar-refractivity contribution in [2.75, 3.05) is 0 Å². The van der Waals surface area contributed by atoms with E-state index in [4.69, 9.17) is 5.10 Å². The zero-order chi connectivity index (χ0) is 27.6. The second kappa shape index (κ2) is 10.3. The van der Waals surface area contributed by atoms with Crippen LogP contribution in [-0.2, 0) is 5.54 Å². The van der Waals surface area contributed by atoms with Crippen molar-refractivity contribution >= 4 is 10.9 Å². The molecule has 0 N–H and O–H groups in total. The number of nitrogens with zero attached hydrogens (tertiary/aromatic N) is 4. The van der Waals surface area contributed by atoms with E-state index >= 15 is 0 Å². The highest BCUT2D eigenvalue weighted by Crippen LogP contribution is 2.42. The summed E-state index contributed by atoms with van der Waals surface area (Å²) in [7, 11) is 0. The fourth-order valence-electron chi connectivity index (χ4n) is 5.91. The molecule has 0 unspecified atom stereocenters. The van der Waals surface area contributed by atoms with Crippen molar-refractivity contribution in [1.82, 2.24) is 19.7 Å². The molecule has 0 saturated carbocycles. The lowest BCUT2D eigenvalue weighted by atomic mass is 9.77. The summed E-state index contributed by atoms with van der Waals surface area (Å²) in [4.78, 5) is 9.25. The van der Waals surface area contributed by atoms with Crippen molar-refractivity contribution in [3.63, 3.8) is 0 Å². The van der Waals surface area contributed by atoms with E-state index in [2.05, 4.69) is 137 Å². The van der Waals surface area contributed by atoms with E-state index in [9.17, 15) is 0 Å². The van der Waals surface area contributed by atoms with Crippen LogP contribution in [0.2, 0.25) is 0 Å². The van der Waals surface area contributed by atoms with Crippen molar-refractivity contribution in [3.05, 3.63) is 174 Å². The lowest BCUT2D eigenvalue weighted by molar-refractivity contribution is 0.458. The van der Waals surface area contributed by atoms with Gasteiger partial charge in [0.25, 0.3) is 0 Å². The van der Waals surface area contributed by atoms with Gasteiger partial charge in [-0.3, -0.25) is 14.6 Å². The van der Waals surface area contributed by atoms with Crippen LogP contribution < -0.4 is 0 Å². The van der Waals surface area contributed by atoms with Gasteiger partial charge in [-0.15, -0.1) is 0 Å². The fourth-order valence-corrected chi connectivity index (χ4v) is 5.91. The maximum absolute atomic E-state index is 5.24. The highest BCUT2D eigenvalue weighted by atomic mass is 15.3. The maximum atomic E-state index is 5.24. The Hall–Kier alpha value is -5.35. The molecule has 0 aliphatic rings. The Bertz CT molecular complexity index is 1830. The van der Waals surface area contributed by atoms with E-state index in [1.807, 2.05) is 36.7 Å². The van der Waals surface area contributed by atoms with Crippen LogP contribution in [0.3, 0.4) is 0 Å². The molecule has 0 fully saturated rings. The maximum Gasteiger partial charge on any atom is 0.138 e. The molecule has 4 aromatic carbocycles. The molecule has 4 heteroatoms. The molecule has 41 heavy (non-hydrogen) atoms. The molecular weight excluding hydrogens is 500 g/mol. The summed E-state index contributed by atoms with van der Waals surface area (Å²) in [6.45, 7) is 2.09. The highest BCUT2D eigenvalue weighted by molar-refractivity contribution is 5.96. The number of fused-ring (bicyclic) bond motifs is 1. The molecule has 0 bridgehead atoms. The monoisotopic (exact) mass is 528 g/mol. The standard InChI is InChI=1S/C37H28N4/c1-27-34(28-20-21-36-33(25-28)32(22-24-39-36)35-19-11-12-23-38-35)26-41(40-27)37(29-13-5-2-6-14-29,30-15-7-3-8-16-30)31-17-9-4-10-18-31/h2-26H,1H3. The van der Waals surface area contributed by atoms with Crippen LogP contribution in [0.4, 0.5) is 0 Å². The molecule has 0 aliphatic carbocycles. The molecule has 7 aromatic rings. The number of hydrogen-bond donors (Lipinski definition) is 0. The second-order valence-electron chi connectivity index (χ2n) is 10.2. The lowest BCUT2D eigenvalue weighted by Gasteiger charge is -2.36. The Balaban J connectivity index is 1.47. The van der Waals surface area contributed by atoms with Crippen molar-refractivity contribution in [2.45, 2.75) is 12.5 Å². The smallest absolute Gasteiger partial charge is 0.138 e. The van der Waals surface area contributed by atoms with Gasteiger partial charge in [-0.25, -0.2) is 0 Å². The first-order valence-electron chi connectivity index (χ1n) is 13.8. The van der Waals surface area contributed by atoms with Gasteiger partial charge in [-0.1, -0.05) is 103 Å². The summed E-state index contributed by atoms with van der Waals surface area (Å²) in [5, 5.41) is 6.30. The largest absolute Gasteiger partial charge is 0.256 e. The molecule has 0 aliphatic heterocycles. The summed E-state index contributed by atoms with van der Waals surface area (Å²) in [5.74, 6) is 0. The Morgan fingerprint density at radius 3 is 1.76 bits per heavy atom. The number of rotatable bonds is 6. The number of pyridine rings is 2. The molecule has 7 rings (SSSR count). The molecule has 0 radical (unpaired) electrons. The van der Waals surface area contributed by atoms with Crippen LogP contribution in [-0.4, -0.2) is 19.7 Å². The van der Waals surface area contributed by atoms with E-state index < -0.39 is 5.54 Å². The normalized spacial score (nSPS) is 11.5. The third-order valence-electron chi connectivity index (χ3n) is 7.81. The highest BCUT2D eigenvalue weighted by Gasteiger charge is 2.39. The van der Waals surface area contributed by atoms with Crippen LogP contribution in [0.25, 0.3) is 33.3 Å². The molecule has 0 amide bonds. The molecule has 0 saturated heterocycles. The molecule has 196 valence electrons. The van der Waals surface area contributed by atoms with E-state index in [-0.39, 0.29) is 0 Å². The molecule has 4 nitrogen and oxygen atoms in total. The van der Waals surface area contributed by atoms with Crippen LogP contribution >= 0.6 is 0 Å². The van der Waals surface area contributed by atoms with Gasteiger partial charge in [0.1, 0.15) is 5.54 Å². The van der Waals surface area contributed by atoms with Gasteiger partial charge in [-0.05, 0) is 59.5 Å². The average molecular weight is 529 g/mol. The first-order valence-corrected chi connectivity index (χ1v) is 13.8. The number of benzene rings is 4. The Labute approximate surface area is 239 Å². The SMILES string of the molecule is Cc1nn(C(c2ccccc2)(c2ccccc2)c2ccccc2)cc1-c1ccc2nccc(-c3ccccn3)c2c1. The second-order valence-corrected chi connectivity index (χ2v) is 10.2. The minimum absolute atomic E-state index is 0.662. The Morgan fingerprint density at radius 1 is 0.561 bits per heavy atom. The first kappa shape index (κ1) is 24.7. The number of hydrogen-bond acceptors (Lipinski definition) is 3. The quantitative estimate of drug-likeness (QED) is 0.204. The average Bonchev–Trinajstić information content (AvgIpc) is 3.44. The van der Waals surface area contributed by atoms with Gasteiger partial charge in [0, 0.05) is 35.1 Å². The summed E-state index contributed by atoms with van der Waals surface area (Å²) in [6.07, 6.45) is 5.87. The number of aryl methyl sites for hydroxylation is 1. The topological polar surface area (TPSA) is 43.6 Å². The van der Waals surface area contributed by atoms with E-state index in [0.717, 1.165) is 55.7 Å². The van der Waals surface area contributed by atoms with Crippen molar-refractivity contribution in [2.24, 2.45) is 0 Å². The van der Waals surface area contributed by atoms with E-state index in [1.54, 1.807) is 0 Å². The zero-order valence-electron chi connectivity index (χ0n) is 22.7. The third-order valence-corrected chi connectivity index (χ3v) is 7.81. The molecule has 0 atom stereocenters. The van der Waals surface area contributed by atoms with Crippen molar-refractivity contribution < 1.29 is 0 Å². The summed E-state index contributed by atoms with van der Waals surface area (Å²) in [6, 6.07) is 46.4. The van der Waals surface area contributed by atoms with Crippen LogP contribution in [0, 0.1) is 6.92 Å². The lowest BCUT2D eigenvalue weighted by Crippen LogP contribution is -2.38. The zero-order valence-corrected chi connectivity index (χ0v) is 22.7.